The minimum Gasteiger partial charge on any atom is -0.507 e. The largest absolute Gasteiger partial charge is 0.507 e. The molecule has 32 heavy (non-hydrogen) atoms. The summed E-state index contributed by atoms with van der Waals surface area (Å²) < 4.78 is 11.7. The summed E-state index contributed by atoms with van der Waals surface area (Å²) in [6, 6.07) is 13.9. The Balaban J connectivity index is 0.00000148. The van der Waals surface area contributed by atoms with Gasteiger partial charge in [0.15, 0.2) is 5.43 Å². The van der Waals surface area contributed by atoms with Crippen LogP contribution in [0.3, 0.4) is 0 Å². The Bertz CT molecular complexity index is 973. The molecule has 0 amide bonds. The molecule has 1 N–H and O–H groups in total. The fourth-order valence-corrected chi connectivity index (χ4v) is 3.47. The first-order valence-electron chi connectivity index (χ1n) is 11.4. The van der Waals surface area contributed by atoms with E-state index in [1.807, 2.05) is 78.8 Å². The molecule has 4 nitrogen and oxygen atoms in total. The number of aromatic hydroxyl groups is 1. The summed E-state index contributed by atoms with van der Waals surface area (Å²) >= 11 is 3.60. The van der Waals surface area contributed by atoms with E-state index in [1.165, 1.54) is 12.1 Å². The number of hydrogen-bond donors (Lipinski definition) is 1. The Labute approximate surface area is 201 Å². The van der Waals surface area contributed by atoms with Gasteiger partial charge in [-0.2, -0.15) is 0 Å². The van der Waals surface area contributed by atoms with Crippen LogP contribution in [0, 0.1) is 0 Å². The SMILES string of the molecule is CC.CC.CC.CC(CC(C)(C)Br)Oc1cc(O)c2c(=O)cc(-c3ccccc3)oc2c1. The molecular formula is C27H39BrO4. The van der Waals surface area contributed by atoms with E-state index < -0.39 is 0 Å². The number of ether oxygens (including phenoxy) is 1. The molecule has 0 aliphatic rings. The molecule has 1 atom stereocenters. The van der Waals surface area contributed by atoms with Crippen LogP contribution in [0.2, 0.25) is 0 Å². The Morgan fingerprint density at radius 2 is 1.56 bits per heavy atom. The molecule has 1 heterocycles. The smallest absolute Gasteiger partial charge is 0.197 e. The molecule has 0 saturated carbocycles. The molecule has 0 saturated heterocycles. The number of rotatable bonds is 5. The minimum absolute atomic E-state index is 0.0572. The summed E-state index contributed by atoms with van der Waals surface area (Å²) in [5, 5.41) is 10.4. The first-order valence-corrected chi connectivity index (χ1v) is 12.2. The summed E-state index contributed by atoms with van der Waals surface area (Å²) in [5.41, 5.74) is 0.812. The number of fused-ring (bicyclic) bond motifs is 1. The molecule has 1 aromatic heterocycles. The first kappa shape index (κ1) is 29.7. The molecule has 5 heteroatoms. The highest BCUT2D eigenvalue weighted by Gasteiger charge is 2.19. The number of halogens is 1. The Morgan fingerprint density at radius 3 is 2.09 bits per heavy atom. The summed E-state index contributed by atoms with van der Waals surface area (Å²) in [6.07, 6.45) is 0.699. The van der Waals surface area contributed by atoms with Crippen molar-refractivity contribution in [1.82, 2.24) is 0 Å². The number of phenols is 1. The molecule has 2 aromatic carbocycles. The third-order valence-electron chi connectivity index (χ3n) is 3.95. The normalized spacial score (nSPS) is 11.1. The number of hydrogen-bond acceptors (Lipinski definition) is 4. The van der Waals surface area contributed by atoms with Gasteiger partial charge in [-0.05, 0) is 27.2 Å². The quantitative estimate of drug-likeness (QED) is 0.352. The molecule has 1 unspecified atom stereocenters. The van der Waals surface area contributed by atoms with Crippen LogP contribution in [0.4, 0.5) is 0 Å². The van der Waals surface area contributed by atoms with E-state index in [9.17, 15) is 9.90 Å². The molecule has 3 rings (SSSR count). The Kier molecular flexibility index (Phi) is 13.7. The van der Waals surface area contributed by atoms with Crippen LogP contribution in [-0.2, 0) is 0 Å². The van der Waals surface area contributed by atoms with Gasteiger partial charge in [0.25, 0.3) is 0 Å². The average molecular weight is 508 g/mol. The summed E-state index contributed by atoms with van der Waals surface area (Å²) in [6.45, 7) is 18.1. The zero-order valence-electron chi connectivity index (χ0n) is 21.0. The van der Waals surface area contributed by atoms with Gasteiger partial charge in [-0.15, -0.1) is 0 Å². The van der Waals surface area contributed by atoms with Crippen molar-refractivity contribution in [2.24, 2.45) is 0 Å². The van der Waals surface area contributed by atoms with Crippen LogP contribution in [0.5, 0.6) is 11.5 Å². The lowest BCUT2D eigenvalue weighted by Gasteiger charge is -2.22. The predicted octanol–water partition coefficient (Wildman–Crippen LogP) is 8.58. The fourth-order valence-electron chi connectivity index (χ4n) is 3.01. The van der Waals surface area contributed by atoms with Crippen molar-refractivity contribution in [3.63, 3.8) is 0 Å². The van der Waals surface area contributed by atoms with Crippen LogP contribution in [0.15, 0.2) is 57.7 Å². The van der Waals surface area contributed by atoms with Crippen molar-refractivity contribution in [2.75, 3.05) is 0 Å². The molecular weight excluding hydrogens is 468 g/mol. The van der Waals surface area contributed by atoms with Gasteiger partial charge in [0.2, 0.25) is 0 Å². The van der Waals surface area contributed by atoms with E-state index in [2.05, 4.69) is 29.8 Å². The highest BCUT2D eigenvalue weighted by Crippen LogP contribution is 2.32. The summed E-state index contributed by atoms with van der Waals surface area (Å²) in [5.74, 6) is 0.776. The summed E-state index contributed by atoms with van der Waals surface area (Å²) in [4.78, 5) is 12.4. The van der Waals surface area contributed by atoms with E-state index in [0.29, 0.717) is 17.1 Å². The lowest BCUT2D eigenvalue weighted by molar-refractivity contribution is 0.200. The standard InChI is InChI=1S/C21H21BrO4.3C2H6/c1-13(12-21(2,3)22)25-15-9-16(23)20-17(24)11-18(26-19(20)10-15)14-7-5-4-6-8-14;3*1-2/h4-11,13,23H,12H2,1-3H3;3*1-2H3. The lowest BCUT2D eigenvalue weighted by Crippen LogP contribution is -2.22. The lowest BCUT2D eigenvalue weighted by atomic mass is 10.1. The molecule has 0 radical (unpaired) electrons. The minimum atomic E-state index is -0.288. The molecule has 0 aliphatic carbocycles. The van der Waals surface area contributed by atoms with Crippen LogP contribution in [0.1, 0.15) is 68.7 Å². The second-order valence-electron chi connectivity index (χ2n) is 7.01. The van der Waals surface area contributed by atoms with Gasteiger partial charge in [0.1, 0.15) is 28.2 Å². The number of alkyl halides is 1. The second-order valence-corrected chi connectivity index (χ2v) is 9.15. The molecule has 0 bridgehead atoms. The molecule has 3 aromatic rings. The van der Waals surface area contributed by atoms with E-state index in [4.69, 9.17) is 9.15 Å². The predicted molar refractivity (Wildman–Crippen MR) is 141 cm³/mol. The van der Waals surface area contributed by atoms with Crippen LogP contribution in [-0.4, -0.2) is 15.5 Å². The van der Waals surface area contributed by atoms with E-state index in [0.717, 1.165) is 12.0 Å². The summed E-state index contributed by atoms with van der Waals surface area (Å²) in [7, 11) is 0. The van der Waals surface area contributed by atoms with Gasteiger partial charge in [-0.25, -0.2) is 0 Å². The maximum atomic E-state index is 12.4. The second kappa shape index (κ2) is 14.7. The zero-order chi connectivity index (χ0) is 24.9. The maximum absolute atomic E-state index is 12.4. The van der Waals surface area contributed by atoms with Gasteiger partial charge in [0, 0.05) is 28.1 Å². The van der Waals surface area contributed by atoms with Crippen LogP contribution < -0.4 is 10.2 Å². The monoisotopic (exact) mass is 506 g/mol. The zero-order valence-corrected chi connectivity index (χ0v) is 22.5. The maximum Gasteiger partial charge on any atom is 0.197 e. The van der Waals surface area contributed by atoms with E-state index in [1.54, 1.807) is 6.07 Å². The van der Waals surface area contributed by atoms with Gasteiger partial charge < -0.3 is 14.3 Å². The van der Waals surface area contributed by atoms with E-state index in [-0.39, 0.29) is 27.0 Å². The first-order chi connectivity index (χ1) is 15.2. The number of phenolic OH excluding ortho intramolecular Hbond substituents is 1. The Hall–Kier alpha value is -2.27. The van der Waals surface area contributed by atoms with Gasteiger partial charge in [-0.3, -0.25) is 4.79 Å². The molecule has 0 spiro atoms. The van der Waals surface area contributed by atoms with Crippen LogP contribution in [0.25, 0.3) is 22.3 Å². The van der Waals surface area contributed by atoms with Gasteiger partial charge in [0.05, 0.1) is 6.10 Å². The highest BCUT2D eigenvalue weighted by atomic mass is 79.9. The van der Waals surface area contributed by atoms with Crippen molar-refractivity contribution in [1.29, 1.82) is 0 Å². The highest BCUT2D eigenvalue weighted by molar-refractivity contribution is 9.10. The van der Waals surface area contributed by atoms with Crippen LogP contribution >= 0.6 is 15.9 Å². The van der Waals surface area contributed by atoms with Crippen molar-refractivity contribution in [3.05, 3.63) is 58.8 Å². The van der Waals surface area contributed by atoms with Gasteiger partial charge >= 0.3 is 0 Å². The van der Waals surface area contributed by atoms with Crippen molar-refractivity contribution < 1.29 is 14.3 Å². The third kappa shape index (κ3) is 9.07. The van der Waals surface area contributed by atoms with Crippen molar-refractivity contribution >= 4 is 26.9 Å². The van der Waals surface area contributed by atoms with Crippen molar-refractivity contribution in [2.45, 2.75) is 79.2 Å². The van der Waals surface area contributed by atoms with E-state index >= 15 is 0 Å². The van der Waals surface area contributed by atoms with Gasteiger partial charge in [-0.1, -0.05) is 87.8 Å². The number of benzene rings is 2. The fraction of sp³-hybridized carbons (Fsp3) is 0.444. The topological polar surface area (TPSA) is 59.7 Å². The third-order valence-corrected chi connectivity index (χ3v) is 4.28. The average Bonchev–Trinajstić information content (AvgIpc) is 2.76. The Morgan fingerprint density at radius 1 is 1.00 bits per heavy atom. The molecule has 0 aliphatic heterocycles. The van der Waals surface area contributed by atoms with Crippen molar-refractivity contribution in [3.8, 4) is 22.8 Å². The molecule has 178 valence electrons. The molecule has 0 fully saturated rings.